The van der Waals surface area contributed by atoms with Crippen LogP contribution in [0, 0.1) is 0 Å². The predicted octanol–water partition coefficient (Wildman–Crippen LogP) is 2.46. The van der Waals surface area contributed by atoms with Crippen molar-refractivity contribution in [3.63, 3.8) is 0 Å². The molecule has 1 fully saturated rings. The summed E-state index contributed by atoms with van der Waals surface area (Å²) in [4.78, 5) is 22.7. The lowest BCUT2D eigenvalue weighted by Gasteiger charge is -2.25. The lowest BCUT2D eigenvalue weighted by Crippen LogP contribution is -2.30. The van der Waals surface area contributed by atoms with Gasteiger partial charge in [0.05, 0.1) is 18.7 Å². The second kappa shape index (κ2) is 5.91. The van der Waals surface area contributed by atoms with Crippen molar-refractivity contribution >= 4 is 5.91 Å². The summed E-state index contributed by atoms with van der Waals surface area (Å²) in [6.07, 6.45) is 7.11. The van der Waals surface area contributed by atoms with Crippen molar-refractivity contribution in [1.29, 1.82) is 0 Å². The molecule has 2 aromatic rings. The normalized spacial score (nSPS) is 17.8. The van der Waals surface area contributed by atoms with Crippen LogP contribution in [0.5, 0.6) is 5.88 Å². The van der Waals surface area contributed by atoms with Gasteiger partial charge in [-0.1, -0.05) is 0 Å². The van der Waals surface area contributed by atoms with Crippen LogP contribution < -0.4 is 4.74 Å². The molecular formula is C16H17N3O2. The molecule has 5 heteroatoms. The zero-order valence-corrected chi connectivity index (χ0v) is 11.9. The summed E-state index contributed by atoms with van der Waals surface area (Å²) in [6.45, 7) is 0.776. The topological polar surface area (TPSA) is 55.3 Å². The third-order valence-corrected chi connectivity index (χ3v) is 3.80. The molecule has 0 N–H and O–H groups in total. The van der Waals surface area contributed by atoms with Crippen molar-refractivity contribution in [2.75, 3.05) is 13.7 Å². The molecule has 21 heavy (non-hydrogen) atoms. The van der Waals surface area contributed by atoms with E-state index in [0.29, 0.717) is 11.4 Å². The van der Waals surface area contributed by atoms with Gasteiger partial charge >= 0.3 is 0 Å². The largest absolute Gasteiger partial charge is 0.481 e. The van der Waals surface area contributed by atoms with Gasteiger partial charge in [0.15, 0.2) is 0 Å². The summed E-state index contributed by atoms with van der Waals surface area (Å²) < 4.78 is 5.02. The first-order valence-corrected chi connectivity index (χ1v) is 7.00. The van der Waals surface area contributed by atoms with Gasteiger partial charge in [-0.2, -0.15) is 0 Å². The van der Waals surface area contributed by atoms with E-state index in [0.717, 1.165) is 24.9 Å². The van der Waals surface area contributed by atoms with E-state index in [1.54, 1.807) is 37.8 Å². The van der Waals surface area contributed by atoms with Crippen molar-refractivity contribution in [2.24, 2.45) is 0 Å². The predicted molar refractivity (Wildman–Crippen MR) is 78.0 cm³/mol. The zero-order valence-electron chi connectivity index (χ0n) is 11.9. The highest BCUT2D eigenvalue weighted by Gasteiger charge is 2.30. The zero-order chi connectivity index (χ0) is 14.7. The molecule has 1 aliphatic rings. The fraction of sp³-hybridized carbons (Fsp3) is 0.312. The number of carbonyl (C=O) groups excluding carboxylic acids is 1. The number of hydrogen-bond donors (Lipinski definition) is 0. The van der Waals surface area contributed by atoms with Crippen LogP contribution in [0.25, 0.3) is 0 Å². The molecule has 0 bridgehead atoms. The minimum atomic E-state index is 0.0180. The van der Waals surface area contributed by atoms with Gasteiger partial charge in [0.25, 0.3) is 5.91 Å². The molecule has 0 radical (unpaired) electrons. The first-order chi connectivity index (χ1) is 10.3. The quantitative estimate of drug-likeness (QED) is 0.868. The molecule has 1 amide bonds. The number of likely N-dealkylation sites (tertiary alicyclic amines) is 1. The number of pyridine rings is 2. The average Bonchev–Trinajstić information content (AvgIpc) is 3.04. The van der Waals surface area contributed by atoms with Gasteiger partial charge in [0.1, 0.15) is 0 Å². The van der Waals surface area contributed by atoms with Gasteiger partial charge in [-0.3, -0.25) is 9.78 Å². The molecule has 1 saturated heterocycles. The Kier molecular flexibility index (Phi) is 3.81. The fourth-order valence-corrected chi connectivity index (χ4v) is 2.74. The van der Waals surface area contributed by atoms with Crippen LogP contribution in [-0.2, 0) is 0 Å². The Morgan fingerprint density at radius 3 is 2.76 bits per heavy atom. The third-order valence-electron chi connectivity index (χ3n) is 3.80. The molecule has 1 atom stereocenters. The van der Waals surface area contributed by atoms with Crippen LogP contribution >= 0.6 is 0 Å². The van der Waals surface area contributed by atoms with Crippen LogP contribution in [0.2, 0.25) is 0 Å². The summed E-state index contributed by atoms with van der Waals surface area (Å²) in [6, 6.07) is 7.55. The van der Waals surface area contributed by atoms with E-state index in [1.165, 1.54) is 0 Å². The van der Waals surface area contributed by atoms with E-state index in [-0.39, 0.29) is 11.9 Å². The van der Waals surface area contributed by atoms with E-state index in [9.17, 15) is 4.79 Å². The molecular weight excluding hydrogens is 266 g/mol. The molecule has 0 spiro atoms. The molecule has 3 rings (SSSR count). The smallest absolute Gasteiger partial charge is 0.255 e. The van der Waals surface area contributed by atoms with E-state index in [2.05, 4.69) is 9.97 Å². The van der Waals surface area contributed by atoms with Gasteiger partial charge in [-0.25, -0.2) is 4.98 Å². The molecule has 0 aliphatic carbocycles. The molecule has 3 heterocycles. The molecule has 0 saturated carbocycles. The maximum Gasteiger partial charge on any atom is 0.255 e. The molecule has 108 valence electrons. The lowest BCUT2D eigenvalue weighted by molar-refractivity contribution is 0.0735. The van der Waals surface area contributed by atoms with Crippen molar-refractivity contribution in [3.05, 3.63) is 54.0 Å². The van der Waals surface area contributed by atoms with Gasteiger partial charge in [-0.15, -0.1) is 0 Å². The number of nitrogens with zero attached hydrogens (tertiary/aromatic N) is 3. The molecule has 0 aromatic carbocycles. The summed E-state index contributed by atoms with van der Waals surface area (Å²) in [5.41, 5.74) is 1.73. The van der Waals surface area contributed by atoms with Gasteiger partial charge < -0.3 is 9.64 Å². The minimum absolute atomic E-state index is 0.0180. The Labute approximate surface area is 123 Å². The van der Waals surface area contributed by atoms with E-state index < -0.39 is 0 Å². The number of aromatic nitrogens is 2. The van der Waals surface area contributed by atoms with Crippen molar-refractivity contribution in [2.45, 2.75) is 18.9 Å². The molecule has 2 aromatic heterocycles. The highest BCUT2D eigenvalue weighted by atomic mass is 16.5. The summed E-state index contributed by atoms with van der Waals surface area (Å²) in [7, 11) is 1.56. The van der Waals surface area contributed by atoms with Crippen molar-refractivity contribution in [1.82, 2.24) is 14.9 Å². The Hall–Kier alpha value is -2.43. The second-order valence-corrected chi connectivity index (χ2v) is 5.03. The van der Waals surface area contributed by atoms with Crippen LogP contribution in [0.4, 0.5) is 0 Å². The molecule has 5 nitrogen and oxygen atoms in total. The van der Waals surface area contributed by atoms with Crippen LogP contribution in [0.3, 0.4) is 0 Å². The van der Waals surface area contributed by atoms with Crippen molar-refractivity contribution < 1.29 is 9.53 Å². The number of rotatable bonds is 3. The summed E-state index contributed by atoms with van der Waals surface area (Å²) >= 11 is 0. The van der Waals surface area contributed by atoms with Crippen molar-refractivity contribution in [3.8, 4) is 5.88 Å². The van der Waals surface area contributed by atoms with Crippen LogP contribution in [0.1, 0.15) is 34.8 Å². The number of methoxy groups -OCH3 is 1. The van der Waals surface area contributed by atoms with Gasteiger partial charge in [0.2, 0.25) is 5.88 Å². The standard InChI is InChI=1S/C16H17N3O2/c1-21-15-5-4-13(11-18-15)16(20)19-10-2-3-14(19)12-6-8-17-9-7-12/h4-9,11,14H,2-3,10H2,1H3/t14-/m0/s1. The van der Waals surface area contributed by atoms with Gasteiger partial charge in [0, 0.05) is 31.2 Å². The number of hydrogen-bond acceptors (Lipinski definition) is 4. The molecule has 0 unspecified atom stereocenters. The maximum atomic E-state index is 12.7. The highest BCUT2D eigenvalue weighted by Crippen LogP contribution is 2.32. The fourth-order valence-electron chi connectivity index (χ4n) is 2.74. The minimum Gasteiger partial charge on any atom is -0.481 e. The van der Waals surface area contributed by atoms with E-state index in [4.69, 9.17) is 4.74 Å². The van der Waals surface area contributed by atoms with E-state index in [1.807, 2.05) is 17.0 Å². The number of ether oxygens (including phenoxy) is 1. The highest BCUT2D eigenvalue weighted by molar-refractivity contribution is 5.94. The third kappa shape index (κ3) is 2.72. The Balaban J connectivity index is 1.82. The summed E-state index contributed by atoms with van der Waals surface area (Å²) in [5, 5.41) is 0. The SMILES string of the molecule is COc1ccc(C(=O)N2CCC[C@H]2c2ccncc2)cn1. The molecule has 1 aliphatic heterocycles. The Morgan fingerprint density at radius 1 is 1.29 bits per heavy atom. The van der Waals surface area contributed by atoms with E-state index >= 15 is 0 Å². The first kappa shape index (κ1) is 13.5. The lowest BCUT2D eigenvalue weighted by atomic mass is 10.1. The number of amides is 1. The maximum absolute atomic E-state index is 12.7. The first-order valence-electron chi connectivity index (χ1n) is 7.00. The van der Waals surface area contributed by atoms with Gasteiger partial charge in [-0.05, 0) is 36.6 Å². The average molecular weight is 283 g/mol. The monoisotopic (exact) mass is 283 g/mol. The van der Waals surface area contributed by atoms with Crippen LogP contribution in [-0.4, -0.2) is 34.4 Å². The Morgan fingerprint density at radius 2 is 2.10 bits per heavy atom. The second-order valence-electron chi connectivity index (χ2n) is 5.03. The summed E-state index contributed by atoms with van der Waals surface area (Å²) in [5.74, 6) is 0.531. The van der Waals surface area contributed by atoms with Crippen LogP contribution in [0.15, 0.2) is 42.9 Å². The number of carbonyl (C=O) groups is 1. The Bertz CT molecular complexity index is 613.